The molecule has 0 saturated heterocycles. The predicted molar refractivity (Wildman–Crippen MR) is 85.2 cm³/mol. The van der Waals surface area contributed by atoms with Gasteiger partial charge in [-0.15, -0.1) is 0 Å². The van der Waals surface area contributed by atoms with Gasteiger partial charge < -0.3 is 9.84 Å². The van der Waals surface area contributed by atoms with Crippen LogP contribution in [0.4, 0.5) is 0 Å². The molecule has 0 spiro atoms. The maximum absolute atomic E-state index is 8.71. The molecule has 0 heterocycles. The summed E-state index contributed by atoms with van der Waals surface area (Å²) in [6, 6.07) is 16.1. The molecule has 0 aliphatic carbocycles. The van der Waals surface area contributed by atoms with Crippen LogP contribution in [0, 0.1) is 11.8 Å². The van der Waals surface area contributed by atoms with Crippen LogP contribution >= 0.6 is 0 Å². The molecule has 2 rings (SSSR count). The van der Waals surface area contributed by atoms with Crippen molar-refractivity contribution in [2.24, 2.45) is 0 Å². The van der Waals surface area contributed by atoms with Crippen LogP contribution in [-0.4, -0.2) is 11.7 Å². The topological polar surface area (TPSA) is 29.5 Å². The molecule has 2 aromatic carbocycles. The number of aliphatic hydroxyl groups excluding tert-OH is 1. The highest BCUT2D eigenvalue weighted by atomic mass is 16.5. The van der Waals surface area contributed by atoms with E-state index in [1.165, 1.54) is 5.56 Å². The minimum absolute atomic E-state index is 0.120. The summed E-state index contributed by atoms with van der Waals surface area (Å²) in [5.41, 5.74) is 3.30. The molecule has 0 saturated carbocycles. The summed E-state index contributed by atoms with van der Waals surface area (Å²) in [5, 5.41) is 8.71. The smallest absolute Gasteiger partial charge is 0.119 e. The fourth-order valence-corrected chi connectivity index (χ4v) is 2.09. The van der Waals surface area contributed by atoms with Crippen LogP contribution in [0.3, 0.4) is 0 Å². The van der Waals surface area contributed by atoms with Gasteiger partial charge in [0.05, 0.1) is 0 Å². The fourth-order valence-electron chi connectivity index (χ4n) is 2.09. The zero-order chi connectivity index (χ0) is 14.9. The van der Waals surface area contributed by atoms with E-state index < -0.39 is 0 Å². The van der Waals surface area contributed by atoms with Gasteiger partial charge in [0.25, 0.3) is 0 Å². The molecule has 0 radical (unpaired) electrons. The maximum atomic E-state index is 8.71. The first kappa shape index (κ1) is 15.2. The van der Waals surface area contributed by atoms with E-state index >= 15 is 0 Å². The number of aliphatic hydroxyl groups is 1. The van der Waals surface area contributed by atoms with Gasteiger partial charge in [0.1, 0.15) is 19.0 Å². The standard InChI is InChI=1S/C19H20O2/c1-2-5-16-9-11-19(12-10-16)21-15-18-7-3-6-17(14-18)8-4-13-20/h3,6-7,9-12,14,20H,2,5,13,15H2,1H3. The fraction of sp³-hybridized carbons (Fsp3) is 0.263. The largest absolute Gasteiger partial charge is 0.489 e. The average molecular weight is 280 g/mol. The zero-order valence-corrected chi connectivity index (χ0v) is 12.3. The van der Waals surface area contributed by atoms with Crippen molar-refractivity contribution in [3.05, 3.63) is 65.2 Å². The van der Waals surface area contributed by atoms with Crippen molar-refractivity contribution in [1.82, 2.24) is 0 Å². The molecular formula is C19H20O2. The number of benzene rings is 2. The minimum Gasteiger partial charge on any atom is -0.489 e. The maximum Gasteiger partial charge on any atom is 0.119 e. The Morgan fingerprint density at radius 2 is 1.86 bits per heavy atom. The Balaban J connectivity index is 1.96. The van der Waals surface area contributed by atoms with Gasteiger partial charge in [-0.25, -0.2) is 0 Å². The van der Waals surface area contributed by atoms with E-state index in [4.69, 9.17) is 9.84 Å². The Kier molecular flexibility index (Phi) is 5.87. The van der Waals surface area contributed by atoms with Gasteiger partial charge >= 0.3 is 0 Å². The average Bonchev–Trinajstić information content (AvgIpc) is 2.53. The highest BCUT2D eigenvalue weighted by Gasteiger charge is 1.98. The number of ether oxygens (including phenoxy) is 1. The molecule has 0 bridgehead atoms. The highest BCUT2D eigenvalue weighted by Crippen LogP contribution is 2.15. The van der Waals surface area contributed by atoms with Crippen LogP contribution in [0.5, 0.6) is 5.75 Å². The van der Waals surface area contributed by atoms with Crippen LogP contribution in [0.25, 0.3) is 0 Å². The van der Waals surface area contributed by atoms with Gasteiger partial charge in [0.15, 0.2) is 0 Å². The van der Waals surface area contributed by atoms with Gasteiger partial charge in [-0.1, -0.05) is 49.5 Å². The Labute approximate surface area is 126 Å². The van der Waals surface area contributed by atoms with E-state index in [1.807, 2.05) is 36.4 Å². The number of hydrogen-bond donors (Lipinski definition) is 1. The highest BCUT2D eigenvalue weighted by molar-refractivity contribution is 5.37. The van der Waals surface area contributed by atoms with Gasteiger partial charge in [0.2, 0.25) is 0 Å². The quantitative estimate of drug-likeness (QED) is 0.849. The van der Waals surface area contributed by atoms with Crippen LogP contribution in [0.1, 0.15) is 30.0 Å². The molecular weight excluding hydrogens is 260 g/mol. The second-order valence-corrected chi connectivity index (χ2v) is 4.84. The molecule has 0 aliphatic rings. The Bertz CT molecular complexity index is 618. The summed E-state index contributed by atoms with van der Waals surface area (Å²) in [6.07, 6.45) is 2.26. The second-order valence-electron chi connectivity index (χ2n) is 4.84. The Morgan fingerprint density at radius 3 is 2.57 bits per heavy atom. The summed E-state index contributed by atoms with van der Waals surface area (Å²) >= 11 is 0. The lowest BCUT2D eigenvalue weighted by atomic mass is 10.1. The first-order chi connectivity index (χ1) is 10.3. The van der Waals surface area contributed by atoms with Crippen molar-refractivity contribution in [1.29, 1.82) is 0 Å². The third kappa shape index (κ3) is 4.98. The van der Waals surface area contributed by atoms with E-state index in [0.717, 1.165) is 29.7 Å². The van der Waals surface area contributed by atoms with Crippen molar-refractivity contribution in [2.75, 3.05) is 6.61 Å². The van der Waals surface area contributed by atoms with Crippen molar-refractivity contribution in [3.63, 3.8) is 0 Å². The SMILES string of the molecule is CCCc1ccc(OCc2cccc(C#CCO)c2)cc1. The van der Waals surface area contributed by atoms with Crippen molar-refractivity contribution >= 4 is 0 Å². The molecule has 2 aromatic rings. The lowest BCUT2D eigenvalue weighted by Crippen LogP contribution is -1.96. The molecule has 0 unspecified atom stereocenters. The predicted octanol–water partition coefficient (Wildman–Crippen LogP) is 3.56. The third-order valence-corrected chi connectivity index (χ3v) is 3.11. The molecule has 0 aromatic heterocycles. The summed E-state index contributed by atoms with van der Waals surface area (Å²) in [7, 11) is 0. The van der Waals surface area contributed by atoms with Gasteiger partial charge in [-0.2, -0.15) is 0 Å². The molecule has 1 N–H and O–H groups in total. The van der Waals surface area contributed by atoms with Crippen LogP contribution in [0.15, 0.2) is 48.5 Å². The molecule has 2 nitrogen and oxygen atoms in total. The monoisotopic (exact) mass is 280 g/mol. The Hall–Kier alpha value is -2.24. The number of rotatable bonds is 5. The number of aryl methyl sites for hydroxylation is 1. The second kappa shape index (κ2) is 8.14. The van der Waals surface area contributed by atoms with Crippen LogP contribution < -0.4 is 4.74 Å². The van der Waals surface area contributed by atoms with E-state index in [1.54, 1.807) is 0 Å². The first-order valence-corrected chi connectivity index (χ1v) is 7.22. The molecule has 0 atom stereocenters. The number of hydrogen-bond acceptors (Lipinski definition) is 2. The molecule has 21 heavy (non-hydrogen) atoms. The molecule has 0 amide bonds. The first-order valence-electron chi connectivity index (χ1n) is 7.22. The Morgan fingerprint density at radius 1 is 1.05 bits per heavy atom. The molecule has 2 heteroatoms. The summed E-state index contributed by atoms with van der Waals surface area (Å²) in [5.74, 6) is 6.42. The van der Waals surface area contributed by atoms with E-state index in [2.05, 4.69) is 30.9 Å². The van der Waals surface area contributed by atoms with E-state index in [-0.39, 0.29) is 6.61 Å². The summed E-state index contributed by atoms with van der Waals surface area (Å²) in [4.78, 5) is 0. The zero-order valence-electron chi connectivity index (χ0n) is 12.3. The van der Waals surface area contributed by atoms with Crippen molar-refractivity contribution in [2.45, 2.75) is 26.4 Å². The van der Waals surface area contributed by atoms with Crippen molar-refractivity contribution in [3.8, 4) is 17.6 Å². The van der Waals surface area contributed by atoms with Gasteiger partial charge in [-0.3, -0.25) is 0 Å². The molecule has 0 aliphatic heterocycles. The molecule has 108 valence electrons. The van der Waals surface area contributed by atoms with Crippen LogP contribution in [0.2, 0.25) is 0 Å². The third-order valence-electron chi connectivity index (χ3n) is 3.11. The van der Waals surface area contributed by atoms with E-state index in [0.29, 0.717) is 6.61 Å². The summed E-state index contributed by atoms with van der Waals surface area (Å²) < 4.78 is 5.79. The van der Waals surface area contributed by atoms with E-state index in [9.17, 15) is 0 Å². The lowest BCUT2D eigenvalue weighted by Gasteiger charge is -2.07. The van der Waals surface area contributed by atoms with Gasteiger partial charge in [-0.05, 0) is 41.8 Å². The lowest BCUT2D eigenvalue weighted by molar-refractivity contribution is 0.306. The van der Waals surface area contributed by atoms with Crippen LogP contribution in [-0.2, 0) is 13.0 Å². The van der Waals surface area contributed by atoms with Gasteiger partial charge in [0, 0.05) is 5.56 Å². The minimum atomic E-state index is -0.120. The summed E-state index contributed by atoms with van der Waals surface area (Å²) in [6.45, 7) is 2.57. The van der Waals surface area contributed by atoms with Crippen molar-refractivity contribution < 1.29 is 9.84 Å². The normalized spacial score (nSPS) is 9.81. The molecule has 0 fully saturated rings.